The monoisotopic (exact) mass is 1060 g/mol. The summed E-state index contributed by atoms with van der Waals surface area (Å²) >= 11 is 3.39. The van der Waals surface area contributed by atoms with E-state index in [1.165, 1.54) is 12.1 Å². The molecule has 0 radical (unpaired) electrons. The van der Waals surface area contributed by atoms with Crippen molar-refractivity contribution in [2.75, 3.05) is 90.0 Å². The van der Waals surface area contributed by atoms with Crippen LogP contribution in [0.5, 0.6) is 23.0 Å². The van der Waals surface area contributed by atoms with Gasteiger partial charge in [0.25, 0.3) is 0 Å². The van der Waals surface area contributed by atoms with Crippen LogP contribution in [-0.4, -0.2) is 108 Å². The number of hydrogen-bond donors (Lipinski definition) is 4. The van der Waals surface area contributed by atoms with Crippen molar-refractivity contribution in [2.45, 2.75) is 51.1 Å². The average molecular weight is 1060 g/mol. The molecule has 0 saturated carbocycles. The summed E-state index contributed by atoms with van der Waals surface area (Å²) in [5.74, 6) is 2.30. The number of hydrogen-bond acceptors (Lipinski definition) is 16. The van der Waals surface area contributed by atoms with E-state index in [2.05, 4.69) is 25.9 Å². The van der Waals surface area contributed by atoms with Crippen LogP contribution in [0, 0.1) is 11.6 Å². The molecular weight excluding hydrogens is 997 g/mol. The van der Waals surface area contributed by atoms with E-state index in [9.17, 15) is 8.78 Å². The highest BCUT2D eigenvalue weighted by molar-refractivity contribution is 9.10. The quantitative estimate of drug-likeness (QED) is 0.0671. The predicted molar refractivity (Wildman–Crippen MR) is 277 cm³/mol. The number of nitrogens with two attached hydrogens (primary N) is 4. The number of aromatic nitrogens is 2. The molecule has 382 valence electrons. The molecule has 3 aliphatic rings. The Bertz CT molecular complexity index is 2790. The van der Waals surface area contributed by atoms with Crippen LogP contribution in [0.3, 0.4) is 0 Å². The van der Waals surface area contributed by atoms with Crippen LogP contribution in [0.1, 0.15) is 27.7 Å². The van der Waals surface area contributed by atoms with Crippen molar-refractivity contribution in [3.05, 3.63) is 113 Å². The summed E-state index contributed by atoms with van der Waals surface area (Å²) in [4.78, 5) is 8.41. The van der Waals surface area contributed by atoms with Crippen molar-refractivity contribution >= 4 is 51.5 Å². The van der Waals surface area contributed by atoms with Gasteiger partial charge < -0.3 is 70.1 Å². The molecule has 0 spiro atoms. The Balaban J connectivity index is 0.000000166. The number of rotatable bonds is 12. The number of nitrogen functional groups attached to an aromatic ring is 4. The number of nitrogens with zero attached hydrogens (tertiary/aromatic N) is 2. The second kappa shape index (κ2) is 24.0. The number of methoxy groups -OCH3 is 2. The van der Waals surface area contributed by atoms with Gasteiger partial charge >= 0.3 is 7.12 Å². The fourth-order valence-electron chi connectivity index (χ4n) is 7.47. The molecule has 6 aromatic rings. The average Bonchev–Trinajstić information content (AvgIpc) is 3.59. The number of ether oxygens (including phenoxy) is 8. The maximum absolute atomic E-state index is 14.4. The van der Waals surface area contributed by atoms with E-state index < -0.39 is 30.0 Å². The molecule has 16 nitrogen and oxygen atoms in total. The smallest absolute Gasteiger partial charge is 0.493 e. The molecule has 72 heavy (non-hydrogen) atoms. The highest BCUT2D eigenvalue weighted by Crippen LogP contribution is 2.39. The largest absolute Gasteiger partial charge is 0.497 e. The van der Waals surface area contributed by atoms with E-state index in [-0.39, 0.29) is 18.0 Å². The fourth-order valence-corrected chi connectivity index (χ4v) is 7.82. The van der Waals surface area contributed by atoms with Gasteiger partial charge in [-0.1, -0.05) is 18.2 Å². The molecule has 20 heteroatoms. The molecule has 2 atom stereocenters. The summed E-state index contributed by atoms with van der Waals surface area (Å²) in [6.45, 7) is 12.0. The summed E-state index contributed by atoms with van der Waals surface area (Å²) in [6, 6.07) is 24.0. The fraction of sp³-hybridized carbons (Fsp3) is 0.346. The molecular formula is C52H60BBrF2N6O10. The first-order chi connectivity index (χ1) is 34.4. The highest BCUT2D eigenvalue weighted by Gasteiger charge is 2.52. The summed E-state index contributed by atoms with van der Waals surface area (Å²) in [5.41, 5.74) is 27.4. The van der Waals surface area contributed by atoms with Gasteiger partial charge in [0, 0.05) is 51.5 Å². The lowest BCUT2D eigenvalue weighted by Crippen LogP contribution is -2.41. The summed E-state index contributed by atoms with van der Waals surface area (Å²) in [7, 11) is 2.51. The van der Waals surface area contributed by atoms with E-state index in [1.807, 2.05) is 70.2 Å². The van der Waals surface area contributed by atoms with Gasteiger partial charge in [0.05, 0.1) is 69.5 Å². The predicted octanol–water partition coefficient (Wildman–Crippen LogP) is 8.13. The topological polar surface area (TPSA) is 222 Å². The molecule has 3 fully saturated rings. The number of anilines is 4. The summed E-state index contributed by atoms with van der Waals surface area (Å²) < 4.78 is 85.1. The van der Waals surface area contributed by atoms with Crippen LogP contribution >= 0.6 is 15.9 Å². The van der Waals surface area contributed by atoms with Crippen LogP contribution in [-0.2, 0) is 28.3 Å². The van der Waals surface area contributed by atoms with E-state index >= 15 is 0 Å². The normalized spacial score (nSPS) is 17.9. The zero-order valence-corrected chi connectivity index (χ0v) is 42.6. The first-order valence-electron chi connectivity index (χ1n) is 23.1. The third kappa shape index (κ3) is 13.4. The first-order valence-corrected chi connectivity index (χ1v) is 23.9. The molecule has 0 bridgehead atoms. The number of benzene rings is 4. The van der Waals surface area contributed by atoms with Crippen molar-refractivity contribution in [1.29, 1.82) is 0 Å². The first kappa shape index (κ1) is 53.5. The lowest BCUT2D eigenvalue weighted by molar-refractivity contribution is -0.101. The van der Waals surface area contributed by atoms with Crippen LogP contribution in [0.15, 0.2) is 102 Å². The van der Waals surface area contributed by atoms with Gasteiger partial charge in [0.15, 0.2) is 23.0 Å². The SMILES string of the molecule is CC1(C)OB(c2ccc(N)cc2F)OC1(C)C.COc1cc(-c2cnc(N)c(-c3ccc(N)cc3F)c2)ccc1OC[C@H]1COCCO1.COc1cc(-c2cnc(N)c(Br)c2)ccc1OC[C@H]1COCCO1. The zero-order chi connectivity index (χ0) is 51.6. The van der Waals surface area contributed by atoms with Gasteiger partial charge in [-0.15, -0.1) is 0 Å². The second-order valence-corrected chi connectivity index (χ2v) is 18.7. The molecule has 4 aromatic carbocycles. The molecule has 0 aliphatic carbocycles. The Morgan fingerprint density at radius 2 is 1.08 bits per heavy atom. The van der Waals surface area contributed by atoms with Gasteiger partial charge in [-0.2, -0.15) is 0 Å². The van der Waals surface area contributed by atoms with Crippen molar-refractivity contribution in [3.8, 4) is 56.4 Å². The third-order valence-electron chi connectivity index (χ3n) is 12.2. The minimum atomic E-state index is -0.680. The Morgan fingerprint density at radius 1 is 0.583 bits per heavy atom. The number of pyridine rings is 2. The van der Waals surface area contributed by atoms with Gasteiger partial charge in [0.2, 0.25) is 0 Å². The lowest BCUT2D eigenvalue weighted by atomic mass is 9.78. The molecule has 5 heterocycles. The van der Waals surface area contributed by atoms with Crippen LogP contribution in [0.4, 0.5) is 31.8 Å². The Kier molecular flexibility index (Phi) is 17.8. The lowest BCUT2D eigenvalue weighted by Gasteiger charge is -2.32. The maximum atomic E-state index is 14.4. The van der Waals surface area contributed by atoms with Crippen molar-refractivity contribution < 1.29 is 56.0 Å². The molecule has 8 N–H and O–H groups in total. The number of halogens is 3. The van der Waals surface area contributed by atoms with Crippen LogP contribution in [0.25, 0.3) is 33.4 Å². The molecule has 0 unspecified atom stereocenters. The van der Waals surface area contributed by atoms with E-state index in [1.54, 1.807) is 56.9 Å². The summed E-state index contributed by atoms with van der Waals surface area (Å²) in [6.07, 6.45) is 3.19. The Hall–Kier alpha value is -6.26. The van der Waals surface area contributed by atoms with E-state index in [0.717, 1.165) is 26.7 Å². The zero-order valence-electron chi connectivity index (χ0n) is 41.0. The van der Waals surface area contributed by atoms with Crippen molar-refractivity contribution in [1.82, 2.24) is 9.97 Å². The molecule has 0 amide bonds. The van der Waals surface area contributed by atoms with Gasteiger partial charge in [-0.25, -0.2) is 18.7 Å². The Morgan fingerprint density at radius 3 is 1.56 bits per heavy atom. The van der Waals surface area contributed by atoms with E-state index in [0.29, 0.717) is 110 Å². The Labute approximate surface area is 426 Å². The summed E-state index contributed by atoms with van der Waals surface area (Å²) in [5, 5.41) is 0. The maximum Gasteiger partial charge on any atom is 0.497 e. The molecule has 9 rings (SSSR count). The molecule has 3 aliphatic heterocycles. The molecule has 3 saturated heterocycles. The second-order valence-electron chi connectivity index (χ2n) is 17.8. The van der Waals surface area contributed by atoms with Gasteiger partial charge in [-0.05, 0) is 121 Å². The van der Waals surface area contributed by atoms with Gasteiger partial charge in [-0.3, -0.25) is 0 Å². The van der Waals surface area contributed by atoms with Crippen molar-refractivity contribution in [3.63, 3.8) is 0 Å². The van der Waals surface area contributed by atoms with Gasteiger partial charge in [0.1, 0.15) is 48.7 Å². The minimum absolute atomic E-state index is 0.0552. The standard InChI is InChI=1S/C23H24FN3O4.C17H19BrN2O4.C12H17BFNO2/c1-28-22-9-14(2-5-21(22)31-13-17-12-29-6-7-30-17)15-8-19(23(26)27-11-15)18-4-3-16(25)10-20(18)24;1-21-16-7-11(12-6-14(18)17(19)20-8-12)2-3-15(16)24-10-13-9-22-4-5-23-13;1-11(2)12(3,4)17-13(16-11)9-6-5-8(15)7-10(9)14/h2-5,8-11,17H,6-7,12-13,25H2,1H3,(H2,26,27);2-3,6-8,13H,4-5,9-10H2,1H3,(H2,19,20);5-7H,15H2,1-4H3/t17-;13-;/m11./s1. The highest BCUT2D eigenvalue weighted by atomic mass is 79.9. The van der Waals surface area contributed by atoms with Crippen LogP contribution < -0.4 is 47.3 Å². The van der Waals surface area contributed by atoms with E-state index in [4.69, 9.17) is 70.1 Å². The van der Waals surface area contributed by atoms with Crippen LogP contribution in [0.2, 0.25) is 0 Å². The molecule has 2 aromatic heterocycles. The third-order valence-corrected chi connectivity index (χ3v) is 12.9. The van der Waals surface area contributed by atoms with Crippen molar-refractivity contribution in [2.24, 2.45) is 0 Å². The minimum Gasteiger partial charge on any atom is -0.493 e.